The van der Waals surface area contributed by atoms with E-state index in [1.165, 1.54) is 0 Å². The molecule has 2 aromatic rings. The molecule has 2 heterocycles. The number of likely N-dealkylation sites (tertiary alicyclic amines) is 1. The highest BCUT2D eigenvalue weighted by molar-refractivity contribution is 5.77. The van der Waals surface area contributed by atoms with E-state index < -0.39 is 0 Å². The SMILES string of the molecule is CCCC(=O)N1CC(n2cc(-c3ccccc3)nn2)C1. The molecule has 0 saturated carbocycles. The number of nitrogens with zero attached hydrogens (tertiary/aromatic N) is 4. The van der Waals surface area contributed by atoms with Crippen molar-refractivity contribution in [2.75, 3.05) is 13.1 Å². The molecule has 1 aliphatic heterocycles. The average molecular weight is 270 g/mol. The fraction of sp³-hybridized carbons (Fsp3) is 0.400. The molecule has 1 saturated heterocycles. The van der Waals surface area contributed by atoms with E-state index >= 15 is 0 Å². The molecule has 0 unspecified atom stereocenters. The molecule has 0 N–H and O–H groups in total. The number of aromatic nitrogens is 3. The quantitative estimate of drug-likeness (QED) is 0.855. The summed E-state index contributed by atoms with van der Waals surface area (Å²) in [6, 6.07) is 10.3. The molecule has 3 rings (SSSR count). The lowest BCUT2D eigenvalue weighted by atomic mass is 10.1. The number of hydrogen-bond acceptors (Lipinski definition) is 3. The number of benzene rings is 1. The van der Waals surface area contributed by atoms with E-state index in [1.54, 1.807) is 0 Å². The fourth-order valence-corrected chi connectivity index (χ4v) is 2.39. The van der Waals surface area contributed by atoms with Crippen LogP contribution in [0.1, 0.15) is 25.8 Å². The van der Waals surface area contributed by atoms with Crippen molar-refractivity contribution in [1.29, 1.82) is 0 Å². The van der Waals surface area contributed by atoms with Crippen molar-refractivity contribution in [2.45, 2.75) is 25.8 Å². The van der Waals surface area contributed by atoms with Crippen LogP contribution in [0.15, 0.2) is 36.5 Å². The van der Waals surface area contributed by atoms with Gasteiger partial charge in [-0.2, -0.15) is 0 Å². The minimum absolute atomic E-state index is 0.243. The molecule has 1 amide bonds. The van der Waals surface area contributed by atoms with Crippen LogP contribution < -0.4 is 0 Å². The summed E-state index contributed by atoms with van der Waals surface area (Å²) in [4.78, 5) is 13.6. The lowest BCUT2D eigenvalue weighted by molar-refractivity contribution is -0.137. The first kappa shape index (κ1) is 12.8. The van der Waals surface area contributed by atoms with Crippen molar-refractivity contribution in [2.24, 2.45) is 0 Å². The third kappa shape index (κ3) is 2.43. The van der Waals surface area contributed by atoms with Crippen molar-refractivity contribution < 1.29 is 4.79 Å². The Morgan fingerprint density at radius 1 is 1.30 bits per heavy atom. The molecule has 104 valence electrons. The Morgan fingerprint density at radius 2 is 2.05 bits per heavy atom. The molecule has 0 bridgehead atoms. The lowest BCUT2D eigenvalue weighted by Crippen LogP contribution is -2.50. The van der Waals surface area contributed by atoms with Gasteiger partial charge in [-0.3, -0.25) is 4.79 Å². The second-order valence-corrected chi connectivity index (χ2v) is 5.15. The van der Waals surface area contributed by atoms with Gasteiger partial charge in [0.15, 0.2) is 0 Å². The Kier molecular flexibility index (Phi) is 3.50. The second kappa shape index (κ2) is 5.45. The molecule has 0 spiro atoms. The van der Waals surface area contributed by atoms with E-state index in [0.717, 1.165) is 30.8 Å². The summed E-state index contributed by atoms with van der Waals surface area (Å²) in [5.41, 5.74) is 1.95. The van der Waals surface area contributed by atoms with Crippen LogP contribution >= 0.6 is 0 Å². The van der Waals surface area contributed by atoms with Gasteiger partial charge in [-0.05, 0) is 6.42 Å². The van der Waals surface area contributed by atoms with Gasteiger partial charge in [-0.15, -0.1) is 5.10 Å². The molecule has 1 fully saturated rings. The first-order chi connectivity index (χ1) is 9.78. The van der Waals surface area contributed by atoms with Crippen LogP contribution in [0.3, 0.4) is 0 Å². The zero-order valence-corrected chi connectivity index (χ0v) is 11.6. The maximum absolute atomic E-state index is 11.7. The van der Waals surface area contributed by atoms with E-state index in [-0.39, 0.29) is 11.9 Å². The van der Waals surface area contributed by atoms with Crippen molar-refractivity contribution >= 4 is 5.91 Å². The zero-order valence-electron chi connectivity index (χ0n) is 11.6. The first-order valence-electron chi connectivity index (χ1n) is 7.03. The molecular formula is C15H18N4O. The first-order valence-corrected chi connectivity index (χ1v) is 7.03. The van der Waals surface area contributed by atoms with E-state index in [2.05, 4.69) is 10.3 Å². The maximum atomic E-state index is 11.7. The highest BCUT2D eigenvalue weighted by Gasteiger charge is 2.32. The van der Waals surface area contributed by atoms with Crippen molar-refractivity contribution in [3.8, 4) is 11.3 Å². The molecule has 1 aromatic heterocycles. The Labute approximate surface area is 118 Å². The molecule has 0 radical (unpaired) electrons. The van der Waals surface area contributed by atoms with Crippen LogP contribution in [0, 0.1) is 0 Å². The van der Waals surface area contributed by atoms with Gasteiger partial charge in [0.2, 0.25) is 5.91 Å². The molecule has 1 aromatic carbocycles. The third-order valence-corrected chi connectivity index (χ3v) is 3.63. The van der Waals surface area contributed by atoms with Gasteiger partial charge in [0.1, 0.15) is 5.69 Å². The van der Waals surface area contributed by atoms with E-state index in [4.69, 9.17) is 0 Å². The zero-order chi connectivity index (χ0) is 13.9. The van der Waals surface area contributed by atoms with E-state index in [9.17, 15) is 4.79 Å². The second-order valence-electron chi connectivity index (χ2n) is 5.15. The minimum Gasteiger partial charge on any atom is -0.338 e. The Bertz CT molecular complexity index is 587. The Hall–Kier alpha value is -2.17. The number of amides is 1. The number of hydrogen-bond donors (Lipinski definition) is 0. The fourth-order valence-electron chi connectivity index (χ4n) is 2.39. The standard InChI is InChI=1S/C15H18N4O/c1-2-6-15(20)18-9-13(10-18)19-11-14(16-17-19)12-7-4-3-5-8-12/h3-5,7-8,11,13H,2,6,9-10H2,1H3. The third-order valence-electron chi connectivity index (χ3n) is 3.63. The molecule has 0 atom stereocenters. The molecule has 1 aliphatic rings. The average Bonchev–Trinajstić information content (AvgIpc) is 2.88. The predicted molar refractivity (Wildman–Crippen MR) is 76.0 cm³/mol. The topological polar surface area (TPSA) is 51.0 Å². The van der Waals surface area contributed by atoms with Crippen LogP contribution in [0.25, 0.3) is 11.3 Å². The molecule has 5 heteroatoms. The highest BCUT2D eigenvalue weighted by atomic mass is 16.2. The Balaban J connectivity index is 1.64. The van der Waals surface area contributed by atoms with Gasteiger partial charge in [0, 0.05) is 25.1 Å². The Morgan fingerprint density at radius 3 is 2.75 bits per heavy atom. The normalized spacial score (nSPS) is 15.2. The minimum atomic E-state index is 0.243. The van der Waals surface area contributed by atoms with Gasteiger partial charge in [0.05, 0.1) is 12.2 Å². The predicted octanol–water partition coefficient (Wildman–Crippen LogP) is 2.13. The summed E-state index contributed by atoms with van der Waals surface area (Å²) in [7, 11) is 0. The van der Waals surface area contributed by atoms with Crippen LogP contribution in [0.5, 0.6) is 0 Å². The van der Waals surface area contributed by atoms with Gasteiger partial charge < -0.3 is 4.90 Å². The van der Waals surface area contributed by atoms with Crippen LogP contribution in [0.4, 0.5) is 0 Å². The molecule has 5 nitrogen and oxygen atoms in total. The summed E-state index contributed by atoms with van der Waals surface area (Å²) in [6.45, 7) is 3.52. The van der Waals surface area contributed by atoms with Gasteiger partial charge >= 0.3 is 0 Å². The van der Waals surface area contributed by atoms with Gasteiger partial charge in [-0.1, -0.05) is 42.5 Å². The summed E-state index contributed by atoms with van der Waals surface area (Å²) in [6.07, 6.45) is 3.50. The molecule has 20 heavy (non-hydrogen) atoms. The number of carbonyl (C=O) groups excluding carboxylic acids is 1. The maximum Gasteiger partial charge on any atom is 0.222 e. The summed E-state index contributed by atoms with van der Waals surface area (Å²) in [5, 5.41) is 8.39. The van der Waals surface area contributed by atoms with Crippen molar-refractivity contribution in [1.82, 2.24) is 19.9 Å². The molecule has 0 aliphatic carbocycles. The lowest BCUT2D eigenvalue weighted by Gasteiger charge is -2.38. The highest BCUT2D eigenvalue weighted by Crippen LogP contribution is 2.23. The number of carbonyl (C=O) groups is 1. The largest absolute Gasteiger partial charge is 0.338 e. The van der Waals surface area contributed by atoms with Gasteiger partial charge in [0.25, 0.3) is 0 Å². The summed E-state index contributed by atoms with van der Waals surface area (Å²) >= 11 is 0. The van der Waals surface area contributed by atoms with Crippen LogP contribution in [-0.4, -0.2) is 38.9 Å². The van der Waals surface area contributed by atoms with E-state index in [1.807, 2.05) is 53.0 Å². The van der Waals surface area contributed by atoms with Crippen LogP contribution in [-0.2, 0) is 4.79 Å². The van der Waals surface area contributed by atoms with Crippen LogP contribution in [0.2, 0.25) is 0 Å². The summed E-state index contributed by atoms with van der Waals surface area (Å²) in [5.74, 6) is 0.243. The van der Waals surface area contributed by atoms with Gasteiger partial charge in [-0.25, -0.2) is 4.68 Å². The smallest absolute Gasteiger partial charge is 0.222 e. The number of rotatable bonds is 4. The monoisotopic (exact) mass is 270 g/mol. The van der Waals surface area contributed by atoms with Crippen molar-refractivity contribution in [3.63, 3.8) is 0 Å². The summed E-state index contributed by atoms with van der Waals surface area (Å²) < 4.78 is 1.87. The molecular weight excluding hydrogens is 252 g/mol. The van der Waals surface area contributed by atoms with Crippen molar-refractivity contribution in [3.05, 3.63) is 36.5 Å². The van der Waals surface area contributed by atoms with E-state index in [0.29, 0.717) is 6.42 Å².